The minimum Gasteiger partial charge on any atom is -0.354 e. The second kappa shape index (κ2) is 14.5. The van der Waals surface area contributed by atoms with Gasteiger partial charge in [-0.15, -0.1) is 0 Å². The van der Waals surface area contributed by atoms with Crippen molar-refractivity contribution >= 4 is 46.8 Å². The van der Waals surface area contributed by atoms with Crippen LogP contribution < -0.4 is 5.32 Å². The van der Waals surface area contributed by atoms with Crippen LogP contribution in [0.1, 0.15) is 50.7 Å². The van der Waals surface area contributed by atoms with Crippen LogP contribution in [0.3, 0.4) is 0 Å². The Kier molecular flexibility index (Phi) is 12.0. The third-order valence-corrected chi connectivity index (χ3v) is 6.89. The molecule has 0 aliphatic heterocycles. The Bertz CT molecular complexity index is 864. The van der Waals surface area contributed by atoms with Gasteiger partial charge >= 0.3 is 0 Å². The van der Waals surface area contributed by atoms with Crippen LogP contribution in [0.5, 0.6) is 0 Å². The predicted octanol–water partition coefficient (Wildman–Crippen LogP) is 6.34. The van der Waals surface area contributed by atoms with E-state index in [-0.39, 0.29) is 11.8 Å². The lowest BCUT2D eigenvalue weighted by atomic mass is 10.1. The number of hydrogen-bond acceptors (Lipinski definition) is 3. The molecule has 0 fully saturated rings. The SMILES string of the molecule is CCCCNC(=O)[C@H](CC)N(Cc1ccc(Cl)c(Cl)c1)C(=O)CCSCc1ccccc1. The summed E-state index contributed by atoms with van der Waals surface area (Å²) in [6.45, 7) is 4.95. The van der Waals surface area contributed by atoms with Crippen LogP contribution in [-0.2, 0) is 21.9 Å². The van der Waals surface area contributed by atoms with E-state index in [1.165, 1.54) is 5.56 Å². The van der Waals surface area contributed by atoms with Crippen LogP contribution in [0.15, 0.2) is 48.5 Å². The third-order valence-electron chi connectivity index (χ3n) is 5.12. The van der Waals surface area contributed by atoms with Crippen LogP contribution in [0.2, 0.25) is 10.0 Å². The molecule has 0 aliphatic rings. The van der Waals surface area contributed by atoms with Crippen LogP contribution in [-0.4, -0.2) is 35.1 Å². The topological polar surface area (TPSA) is 49.4 Å². The number of carbonyl (C=O) groups excluding carboxylic acids is 2. The molecule has 1 atom stereocenters. The summed E-state index contributed by atoms with van der Waals surface area (Å²) in [5.41, 5.74) is 2.09. The van der Waals surface area contributed by atoms with Gasteiger partial charge < -0.3 is 10.2 Å². The van der Waals surface area contributed by atoms with E-state index in [1.54, 1.807) is 28.8 Å². The zero-order valence-corrected chi connectivity index (χ0v) is 21.1. The lowest BCUT2D eigenvalue weighted by molar-refractivity contribution is -0.141. The van der Waals surface area contributed by atoms with E-state index in [0.29, 0.717) is 41.7 Å². The van der Waals surface area contributed by atoms with Crippen molar-refractivity contribution in [2.45, 2.75) is 57.9 Å². The monoisotopic (exact) mass is 494 g/mol. The van der Waals surface area contributed by atoms with E-state index in [1.807, 2.05) is 31.2 Å². The molecule has 0 unspecified atom stereocenters. The summed E-state index contributed by atoms with van der Waals surface area (Å²) in [6.07, 6.45) is 2.83. The minimum atomic E-state index is -0.520. The fraction of sp³-hybridized carbons (Fsp3) is 0.440. The molecule has 2 aromatic rings. The number of unbranched alkanes of at least 4 members (excludes halogenated alkanes) is 1. The number of thioether (sulfide) groups is 1. The van der Waals surface area contributed by atoms with Crippen LogP contribution in [0.25, 0.3) is 0 Å². The number of amides is 2. The van der Waals surface area contributed by atoms with Gasteiger partial charge in [0.05, 0.1) is 10.0 Å². The Morgan fingerprint density at radius 2 is 1.78 bits per heavy atom. The Balaban J connectivity index is 2.07. The highest BCUT2D eigenvalue weighted by Crippen LogP contribution is 2.24. The van der Waals surface area contributed by atoms with Crippen molar-refractivity contribution in [2.75, 3.05) is 12.3 Å². The summed E-state index contributed by atoms with van der Waals surface area (Å²) < 4.78 is 0. The molecule has 0 bridgehead atoms. The molecule has 0 radical (unpaired) electrons. The van der Waals surface area contributed by atoms with Gasteiger partial charge in [0.25, 0.3) is 0 Å². The van der Waals surface area contributed by atoms with Gasteiger partial charge in [-0.25, -0.2) is 0 Å². The first-order valence-electron chi connectivity index (χ1n) is 11.1. The first kappa shape index (κ1) is 26.6. The second-order valence-electron chi connectivity index (χ2n) is 7.63. The molecule has 2 amide bonds. The van der Waals surface area contributed by atoms with Gasteiger partial charge in [-0.2, -0.15) is 11.8 Å². The highest BCUT2D eigenvalue weighted by Gasteiger charge is 2.28. The maximum Gasteiger partial charge on any atom is 0.242 e. The van der Waals surface area contributed by atoms with Gasteiger partial charge in [0.1, 0.15) is 6.04 Å². The van der Waals surface area contributed by atoms with E-state index < -0.39 is 6.04 Å². The Labute approximate surface area is 206 Å². The van der Waals surface area contributed by atoms with E-state index in [9.17, 15) is 9.59 Å². The molecule has 2 rings (SSSR count). The molecular weight excluding hydrogens is 463 g/mol. The minimum absolute atomic E-state index is 0.0332. The molecule has 2 aromatic carbocycles. The Morgan fingerprint density at radius 1 is 1.03 bits per heavy atom. The van der Waals surface area contributed by atoms with Crippen molar-refractivity contribution < 1.29 is 9.59 Å². The summed E-state index contributed by atoms with van der Waals surface area (Å²) in [7, 11) is 0. The van der Waals surface area contributed by atoms with E-state index in [4.69, 9.17) is 23.2 Å². The first-order chi connectivity index (χ1) is 15.5. The average molecular weight is 496 g/mol. The van der Waals surface area contributed by atoms with Gasteiger partial charge in [0.2, 0.25) is 11.8 Å². The highest BCUT2D eigenvalue weighted by molar-refractivity contribution is 7.98. The van der Waals surface area contributed by atoms with Gasteiger partial charge in [-0.3, -0.25) is 9.59 Å². The molecule has 0 saturated carbocycles. The van der Waals surface area contributed by atoms with E-state index in [0.717, 1.165) is 24.2 Å². The molecule has 0 spiro atoms. The summed E-state index contributed by atoms with van der Waals surface area (Å²) in [5.74, 6) is 1.41. The largest absolute Gasteiger partial charge is 0.354 e. The van der Waals surface area contributed by atoms with Crippen molar-refractivity contribution in [1.82, 2.24) is 10.2 Å². The van der Waals surface area contributed by atoms with Gasteiger partial charge in [0.15, 0.2) is 0 Å². The van der Waals surface area contributed by atoms with Crippen molar-refractivity contribution in [3.05, 3.63) is 69.7 Å². The number of halogens is 2. The number of rotatable bonds is 13. The summed E-state index contributed by atoms with van der Waals surface area (Å²) in [4.78, 5) is 27.8. The third kappa shape index (κ3) is 8.68. The number of nitrogens with zero attached hydrogens (tertiary/aromatic N) is 1. The summed E-state index contributed by atoms with van der Waals surface area (Å²) >= 11 is 13.9. The molecule has 0 aliphatic carbocycles. The van der Waals surface area contributed by atoms with Crippen molar-refractivity contribution in [2.24, 2.45) is 0 Å². The van der Waals surface area contributed by atoms with Crippen LogP contribution in [0.4, 0.5) is 0 Å². The molecule has 0 saturated heterocycles. The lowest BCUT2D eigenvalue weighted by Gasteiger charge is -2.31. The number of hydrogen-bond donors (Lipinski definition) is 1. The highest BCUT2D eigenvalue weighted by atomic mass is 35.5. The Hall–Kier alpha value is -1.69. The first-order valence-corrected chi connectivity index (χ1v) is 13.0. The standard InChI is InChI=1S/C25H32Cl2N2O2S/c1-3-5-14-28-25(31)23(4-2)29(17-20-11-12-21(26)22(27)16-20)24(30)13-15-32-18-19-9-7-6-8-10-19/h6-12,16,23H,3-5,13-15,17-18H2,1-2H3,(H,28,31)/t23-/m0/s1. The fourth-order valence-corrected chi connectivity index (χ4v) is 4.54. The van der Waals surface area contributed by atoms with Crippen molar-refractivity contribution in [3.63, 3.8) is 0 Å². The number of carbonyl (C=O) groups is 2. The van der Waals surface area contributed by atoms with Gasteiger partial charge in [0, 0.05) is 31.0 Å². The van der Waals surface area contributed by atoms with E-state index >= 15 is 0 Å². The molecule has 1 N–H and O–H groups in total. The zero-order valence-electron chi connectivity index (χ0n) is 18.8. The smallest absolute Gasteiger partial charge is 0.242 e. The molecule has 174 valence electrons. The summed E-state index contributed by atoms with van der Waals surface area (Å²) in [5, 5.41) is 3.89. The maximum absolute atomic E-state index is 13.2. The molecule has 0 aromatic heterocycles. The molecular formula is C25H32Cl2N2O2S. The predicted molar refractivity (Wildman–Crippen MR) is 136 cm³/mol. The number of benzene rings is 2. The number of nitrogens with one attached hydrogen (secondary N) is 1. The van der Waals surface area contributed by atoms with Crippen LogP contribution in [0, 0.1) is 0 Å². The summed E-state index contributed by atoms with van der Waals surface area (Å²) in [6, 6.07) is 15.0. The molecule has 0 heterocycles. The van der Waals surface area contributed by atoms with Gasteiger partial charge in [-0.1, -0.05) is 79.9 Å². The quantitative estimate of drug-likeness (QED) is 0.330. The normalized spacial score (nSPS) is 11.8. The van der Waals surface area contributed by atoms with Crippen molar-refractivity contribution in [3.8, 4) is 0 Å². The average Bonchev–Trinajstić information content (AvgIpc) is 2.79. The molecule has 4 nitrogen and oxygen atoms in total. The van der Waals surface area contributed by atoms with Gasteiger partial charge in [-0.05, 0) is 36.1 Å². The second-order valence-corrected chi connectivity index (χ2v) is 9.55. The van der Waals surface area contributed by atoms with Crippen LogP contribution >= 0.6 is 35.0 Å². The van der Waals surface area contributed by atoms with E-state index in [2.05, 4.69) is 24.4 Å². The Morgan fingerprint density at radius 3 is 2.44 bits per heavy atom. The molecule has 32 heavy (non-hydrogen) atoms. The molecule has 7 heteroatoms. The maximum atomic E-state index is 13.2. The lowest BCUT2D eigenvalue weighted by Crippen LogP contribution is -2.49. The zero-order chi connectivity index (χ0) is 23.3. The fourth-order valence-electron chi connectivity index (χ4n) is 3.33. The van der Waals surface area contributed by atoms with Crippen molar-refractivity contribution in [1.29, 1.82) is 0 Å².